The molecular formula is C29H32N4O4. The van der Waals surface area contributed by atoms with Crippen LogP contribution < -0.4 is 0 Å². The summed E-state index contributed by atoms with van der Waals surface area (Å²) in [4.78, 5) is 41.4. The molecular weight excluding hydrogens is 468 g/mol. The van der Waals surface area contributed by atoms with Crippen molar-refractivity contribution in [3.63, 3.8) is 0 Å². The van der Waals surface area contributed by atoms with Gasteiger partial charge in [0.1, 0.15) is 6.04 Å². The maximum Gasteiger partial charge on any atom is 0.326 e. The van der Waals surface area contributed by atoms with Gasteiger partial charge in [0, 0.05) is 45.4 Å². The van der Waals surface area contributed by atoms with Crippen LogP contribution in [-0.2, 0) is 29.5 Å². The normalized spacial score (nSPS) is 16.9. The second-order valence-corrected chi connectivity index (χ2v) is 10.2. The van der Waals surface area contributed by atoms with Crippen molar-refractivity contribution >= 4 is 34.8 Å². The van der Waals surface area contributed by atoms with Crippen LogP contribution in [0.5, 0.6) is 0 Å². The van der Waals surface area contributed by atoms with E-state index in [-0.39, 0.29) is 24.2 Å². The van der Waals surface area contributed by atoms with Gasteiger partial charge in [-0.05, 0) is 65.7 Å². The summed E-state index contributed by atoms with van der Waals surface area (Å²) >= 11 is 0. The Bertz CT molecular complexity index is 1410. The largest absolute Gasteiger partial charge is 0.480 e. The number of carboxylic acids is 1. The van der Waals surface area contributed by atoms with Crippen LogP contribution in [0.2, 0.25) is 0 Å². The Balaban J connectivity index is 1.26. The van der Waals surface area contributed by atoms with Crippen molar-refractivity contribution in [3.8, 4) is 0 Å². The first-order chi connectivity index (χ1) is 17.7. The van der Waals surface area contributed by atoms with Crippen LogP contribution in [0.1, 0.15) is 35.1 Å². The molecule has 8 heteroatoms. The van der Waals surface area contributed by atoms with Gasteiger partial charge in [-0.15, -0.1) is 0 Å². The molecule has 0 unspecified atom stereocenters. The highest BCUT2D eigenvalue weighted by atomic mass is 16.4. The monoisotopic (exact) mass is 500 g/mol. The number of nitrogens with zero attached hydrogens (tertiary/aromatic N) is 4. The fourth-order valence-electron chi connectivity index (χ4n) is 5.80. The summed E-state index contributed by atoms with van der Waals surface area (Å²) in [5, 5.41) is 15.2. The number of aliphatic carboxylic acids is 1. The quantitative estimate of drug-likeness (QED) is 0.574. The van der Waals surface area contributed by atoms with E-state index in [1.165, 1.54) is 4.90 Å². The molecule has 0 spiro atoms. The molecule has 1 fully saturated rings. The topological polar surface area (TPSA) is 95.7 Å². The molecule has 2 aliphatic rings. The average Bonchev–Trinajstić information content (AvgIpc) is 3.27. The lowest BCUT2D eigenvalue weighted by molar-refractivity contribution is -0.142. The number of piperidine rings is 1. The van der Waals surface area contributed by atoms with Crippen LogP contribution in [0.25, 0.3) is 17.0 Å². The number of likely N-dealkylation sites (N-methyl/N-ethyl adjacent to an activating group) is 1. The zero-order chi connectivity index (χ0) is 26.3. The van der Waals surface area contributed by atoms with Gasteiger partial charge in [-0.3, -0.25) is 9.48 Å². The molecule has 37 heavy (non-hydrogen) atoms. The summed E-state index contributed by atoms with van der Waals surface area (Å²) in [6, 6.07) is 10.6. The van der Waals surface area contributed by atoms with Crippen molar-refractivity contribution < 1.29 is 19.5 Å². The highest BCUT2D eigenvalue weighted by Gasteiger charge is 2.34. The number of Topliss-reactive ketones (excluding diaryl/α,β-unsaturated/α-hetero) is 1. The van der Waals surface area contributed by atoms with Gasteiger partial charge in [-0.25, -0.2) is 9.59 Å². The standard InChI is InChI=1S/C29H32N4O4/c1-18-12-19(13-23-17-30-32(3)27(18)23)14-25(28(35)36)31(2)29(37)33-10-8-20(9-11-33)24-15-21-6-4-5-7-22(21)16-26(24)34/h4-7,12-13,15,17,20,25H,8-11,14,16H2,1-3H3,(H,35,36)/t25-/m1/s1. The second-order valence-electron chi connectivity index (χ2n) is 10.2. The lowest BCUT2D eigenvalue weighted by atomic mass is 9.80. The van der Waals surface area contributed by atoms with Crippen LogP contribution in [0.15, 0.2) is 48.2 Å². The number of urea groups is 1. The van der Waals surface area contributed by atoms with Crippen LogP contribution in [0.4, 0.5) is 4.79 Å². The highest BCUT2D eigenvalue weighted by Crippen LogP contribution is 2.32. The van der Waals surface area contributed by atoms with Gasteiger partial charge in [-0.2, -0.15) is 5.10 Å². The summed E-state index contributed by atoms with van der Waals surface area (Å²) < 4.78 is 1.80. The molecule has 2 amide bonds. The Labute approximate surface area is 216 Å². The Morgan fingerprint density at radius 3 is 2.65 bits per heavy atom. The van der Waals surface area contributed by atoms with E-state index < -0.39 is 12.0 Å². The van der Waals surface area contributed by atoms with Gasteiger partial charge in [0.25, 0.3) is 0 Å². The third-order valence-corrected chi connectivity index (χ3v) is 7.81. The highest BCUT2D eigenvalue weighted by molar-refractivity contribution is 6.04. The van der Waals surface area contributed by atoms with E-state index in [9.17, 15) is 19.5 Å². The zero-order valence-electron chi connectivity index (χ0n) is 21.5. The number of carboxylic acid groups (broad SMARTS) is 1. The van der Waals surface area contributed by atoms with E-state index in [0.717, 1.165) is 38.7 Å². The van der Waals surface area contributed by atoms with E-state index >= 15 is 0 Å². The number of hydrogen-bond donors (Lipinski definition) is 1. The molecule has 0 radical (unpaired) electrons. The van der Waals surface area contributed by atoms with Crippen molar-refractivity contribution in [2.45, 2.75) is 38.6 Å². The molecule has 1 N–H and O–H groups in total. The number of allylic oxidation sites excluding steroid dienone is 1. The molecule has 5 rings (SSSR count). The van der Waals surface area contributed by atoms with E-state index in [2.05, 4.69) is 5.10 Å². The van der Waals surface area contributed by atoms with Gasteiger partial charge < -0.3 is 14.9 Å². The minimum atomic E-state index is -1.04. The van der Waals surface area contributed by atoms with Crippen molar-refractivity contribution in [2.24, 2.45) is 13.0 Å². The van der Waals surface area contributed by atoms with Crippen LogP contribution in [0, 0.1) is 12.8 Å². The van der Waals surface area contributed by atoms with Gasteiger partial charge in [0.05, 0.1) is 11.7 Å². The van der Waals surface area contributed by atoms with Crippen molar-refractivity contribution in [3.05, 3.63) is 70.4 Å². The number of aryl methyl sites for hydroxylation is 2. The first-order valence-electron chi connectivity index (χ1n) is 12.7. The van der Waals surface area contributed by atoms with E-state index in [1.54, 1.807) is 22.8 Å². The maximum atomic E-state index is 13.3. The predicted molar refractivity (Wildman–Crippen MR) is 141 cm³/mol. The molecule has 192 valence electrons. The van der Waals surface area contributed by atoms with Crippen molar-refractivity contribution in [2.75, 3.05) is 20.1 Å². The van der Waals surface area contributed by atoms with Crippen LogP contribution >= 0.6 is 0 Å². The maximum absolute atomic E-state index is 13.3. The van der Waals surface area contributed by atoms with E-state index in [0.29, 0.717) is 32.4 Å². The number of aromatic nitrogens is 2. The van der Waals surface area contributed by atoms with Gasteiger partial charge in [0.15, 0.2) is 5.78 Å². The second kappa shape index (κ2) is 9.84. The number of carbonyl (C=O) groups excluding carboxylic acids is 2. The molecule has 3 aromatic rings. The summed E-state index contributed by atoms with van der Waals surface area (Å²) in [6.07, 6.45) is 5.79. The molecule has 2 aromatic carbocycles. The summed E-state index contributed by atoms with van der Waals surface area (Å²) in [7, 11) is 3.44. The zero-order valence-corrected chi connectivity index (χ0v) is 21.5. The number of ketones is 1. The molecule has 0 bridgehead atoms. The number of amides is 2. The molecule has 8 nitrogen and oxygen atoms in total. The Hall–Kier alpha value is -3.94. The first kappa shape index (κ1) is 24.7. The Morgan fingerprint density at radius 2 is 1.92 bits per heavy atom. The smallest absolute Gasteiger partial charge is 0.326 e. The summed E-state index contributed by atoms with van der Waals surface area (Å²) in [5.41, 5.74) is 5.89. The molecule has 1 aromatic heterocycles. The lowest BCUT2D eigenvalue weighted by Crippen LogP contribution is -2.52. The molecule has 1 atom stereocenters. The fraction of sp³-hybridized carbons (Fsp3) is 0.379. The number of fused-ring (bicyclic) bond motifs is 2. The van der Waals surface area contributed by atoms with Crippen LogP contribution in [0.3, 0.4) is 0 Å². The number of benzene rings is 2. The average molecular weight is 501 g/mol. The molecule has 1 aliphatic carbocycles. The minimum absolute atomic E-state index is 0.111. The first-order valence-corrected chi connectivity index (χ1v) is 12.7. The predicted octanol–water partition coefficient (Wildman–Crippen LogP) is 3.85. The SMILES string of the molecule is Cc1cc(C[C@H](C(=O)O)N(C)C(=O)N2CCC(C3=Cc4ccccc4CC3=O)CC2)cc2cnn(C)c12. The van der Waals surface area contributed by atoms with Crippen molar-refractivity contribution in [1.29, 1.82) is 0 Å². The third kappa shape index (κ3) is 4.75. The van der Waals surface area contributed by atoms with E-state index in [1.807, 2.05) is 56.4 Å². The van der Waals surface area contributed by atoms with E-state index in [4.69, 9.17) is 0 Å². The van der Waals surface area contributed by atoms with Gasteiger partial charge >= 0.3 is 12.0 Å². The molecule has 2 heterocycles. The lowest BCUT2D eigenvalue weighted by Gasteiger charge is -2.37. The third-order valence-electron chi connectivity index (χ3n) is 7.81. The van der Waals surface area contributed by atoms with Crippen LogP contribution in [-0.4, -0.2) is 68.6 Å². The van der Waals surface area contributed by atoms with Gasteiger partial charge in [-0.1, -0.05) is 30.3 Å². The van der Waals surface area contributed by atoms with Crippen molar-refractivity contribution in [1.82, 2.24) is 19.6 Å². The molecule has 0 saturated carbocycles. The number of rotatable bonds is 5. The number of carbonyl (C=O) groups is 3. The molecule has 1 aliphatic heterocycles. The number of likely N-dealkylation sites (tertiary alicyclic amines) is 1. The Morgan fingerprint density at radius 1 is 1.19 bits per heavy atom. The van der Waals surface area contributed by atoms with Gasteiger partial charge in [0.2, 0.25) is 0 Å². The number of hydrogen-bond acceptors (Lipinski definition) is 4. The Kier molecular flexibility index (Phi) is 6.58. The summed E-state index contributed by atoms with van der Waals surface area (Å²) in [5.74, 6) is -0.765. The minimum Gasteiger partial charge on any atom is -0.480 e. The summed E-state index contributed by atoms with van der Waals surface area (Å²) in [6.45, 7) is 2.97. The molecule has 1 saturated heterocycles. The fourth-order valence-corrected chi connectivity index (χ4v) is 5.80.